The van der Waals surface area contributed by atoms with Crippen LogP contribution in [0.1, 0.15) is 17.3 Å². The van der Waals surface area contributed by atoms with Gasteiger partial charge in [0.25, 0.3) is 5.91 Å². The Labute approximate surface area is 150 Å². The molecule has 1 aliphatic rings. The smallest absolute Gasteiger partial charge is 0.266 e. The minimum absolute atomic E-state index is 0.0249. The highest BCUT2D eigenvalue weighted by atomic mass is 35.5. The summed E-state index contributed by atoms with van der Waals surface area (Å²) in [6.45, 7) is 1.98. The number of benzene rings is 2. The number of halogens is 1. The number of hydrogen-bond donors (Lipinski definition) is 2. The Balaban J connectivity index is 2.21. The molecule has 0 saturated carbocycles. The average Bonchev–Trinajstić information content (AvgIpc) is 2.55. The second-order valence-corrected chi connectivity index (χ2v) is 6.25. The van der Waals surface area contributed by atoms with Crippen LogP contribution < -0.4 is 10.2 Å². The zero-order valence-corrected chi connectivity index (χ0v) is 14.5. The minimum atomic E-state index is -0.544. The van der Waals surface area contributed by atoms with Crippen LogP contribution in [0.15, 0.2) is 59.1 Å². The van der Waals surface area contributed by atoms with Crippen LogP contribution in [-0.4, -0.2) is 5.91 Å². The maximum Gasteiger partial charge on any atom is 0.266 e. The number of amides is 1. The lowest BCUT2D eigenvalue weighted by molar-refractivity contribution is -0.118. The first-order valence-electron chi connectivity index (χ1n) is 7.27. The minimum Gasteiger partial charge on any atom is -0.327 e. The van der Waals surface area contributed by atoms with Gasteiger partial charge < -0.3 is 10.2 Å². The quantitative estimate of drug-likeness (QED) is 0.802. The second-order valence-electron chi connectivity index (χ2n) is 5.42. The molecule has 1 amide bonds. The van der Waals surface area contributed by atoms with Crippen LogP contribution in [0.5, 0.6) is 0 Å². The molecule has 0 fully saturated rings. The molecule has 0 spiro atoms. The fourth-order valence-corrected chi connectivity index (χ4v) is 3.29. The number of nitriles is 1. The zero-order chi connectivity index (χ0) is 17.3. The number of thiol groups is 1. The first kappa shape index (κ1) is 16.4. The third kappa shape index (κ3) is 2.86. The number of carbonyl (C=O) groups excluding carboxylic acids is 1. The van der Waals surface area contributed by atoms with Gasteiger partial charge in [-0.25, -0.2) is 0 Å². The summed E-state index contributed by atoms with van der Waals surface area (Å²) in [6.07, 6.45) is -0.544. The van der Waals surface area contributed by atoms with Gasteiger partial charge in [0.1, 0.15) is 17.8 Å². The number of nitrogens with one attached hydrogen (secondary N) is 1. The first-order valence-corrected chi connectivity index (χ1v) is 8.10. The van der Waals surface area contributed by atoms with Crippen LogP contribution in [0.3, 0.4) is 0 Å². The molecule has 1 atom stereocenters. The molecule has 0 aromatic heterocycles. The molecule has 4 nitrogen and oxygen atoms in total. The molecule has 2 aromatic rings. The number of anilines is 1. The molecule has 120 valence electrons. The van der Waals surface area contributed by atoms with Gasteiger partial charge in [-0.15, -0.1) is 12.6 Å². The summed E-state index contributed by atoms with van der Waals surface area (Å²) in [5, 5.41) is 13.0. The summed E-state index contributed by atoms with van der Waals surface area (Å²) in [4.78, 5) is 14.1. The van der Waals surface area contributed by atoms with Gasteiger partial charge in [-0.05, 0) is 30.7 Å². The first-order chi connectivity index (χ1) is 11.5. The van der Waals surface area contributed by atoms with E-state index in [4.69, 9.17) is 11.6 Å². The lowest BCUT2D eigenvalue weighted by Gasteiger charge is -2.38. The van der Waals surface area contributed by atoms with Crippen LogP contribution in [-0.2, 0) is 4.79 Å². The predicted octanol–water partition coefficient (Wildman–Crippen LogP) is 3.95. The maximum atomic E-state index is 12.3. The largest absolute Gasteiger partial charge is 0.327 e. The lowest BCUT2D eigenvalue weighted by atomic mass is 10.1. The maximum absolute atomic E-state index is 12.3. The molecule has 3 rings (SSSR count). The van der Waals surface area contributed by atoms with E-state index < -0.39 is 12.1 Å². The van der Waals surface area contributed by atoms with E-state index in [0.29, 0.717) is 10.1 Å². The molecule has 2 aromatic carbocycles. The summed E-state index contributed by atoms with van der Waals surface area (Å²) in [6, 6.07) is 17.0. The normalized spacial score (nSPS) is 17.5. The monoisotopic (exact) mass is 355 g/mol. The van der Waals surface area contributed by atoms with Gasteiger partial charge >= 0.3 is 0 Å². The average molecular weight is 356 g/mol. The number of nitrogens with zero attached hydrogens (tertiary/aromatic N) is 2. The Bertz CT molecular complexity index is 888. The molecule has 0 radical (unpaired) electrons. The van der Waals surface area contributed by atoms with Gasteiger partial charge in [0.05, 0.1) is 5.03 Å². The van der Waals surface area contributed by atoms with Gasteiger partial charge in [0.2, 0.25) is 0 Å². The molecule has 24 heavy (non-hydrogen) atoms. The summed E-state index contributed by atoms with van der Waals surface area (Å²) < 4.78 is 0. The SMILES string of the molecule is Cc1cccc(N2C(S)=C(C#N)C(=O)NC2c2ccccc2Cl)c1. The van der Waals surface area contributed by atoms with E-state index >= 15 is 0 Å². The fraction of sp³-hybridized carbons (Fsp3) is 0.111. The van der Waals surface area contributed by atoms with E-state index in [0.717, 1.165) is 16.8 Å². The number of aryl methyl sites for hydroxylation is 1. The summed E-state index contributed by atoms with van der Waals surface area (Å²) in [7, 11) is 0. The Morgan fingerprint density at radius 2 is 2.00 bits per heavy atom. The van der Waals surface area contributed by atoms with Crippen LogP contribution in [0.4, 0.5) is 5.69 Å². The van der Waals surface area contributed by atoms with Crippen molar-refractivity contribution in [2.45, 2.75) is 13.1 Å². The summed E-state index contributed by atoms with van der Waals surface area (Å²) >= 11 is 10.8. The Kier molecular flexibility index (Phi) is 4.52. The molecule has 1 heterocycles. The van der Waals surface area contributed by atoms with Gasteiger partial charge in [-0.2, -0.15) is 5.26 Å². The molecular formula is C18H14ClN3OS. The summed E-state index contributed by atoms with van der Waals surface area (Å²) in [5.74, 6) is -0.462. The van der Waals surface area contributed by atoms with Crippen molar-refractivity contribution < 1.29 is 4.79 Å². The Hall–Kier alpha value is -2.42. The van der Waals surface area contributed by atoms with Crippen molar-refractivity contribution in [3.63, 3.8) is 0 Å². The van der Waals surface area contributed by atoms with E-state index in [-0.39, 0.29) is 5.57 Å². The number of hydrogen-bond acceptors (Lipinski definition) is 4. The second kappa shape index (κ2) is 6.60. The van der Waals surface area contributed by atoms with Gasteiger partial charge in [0, 0.05) is 16.3 Å². The summed E-state index contributed by atoms with van der Waals surface area (Å²) in [5.41, 5.74) is 2.58. The van der Waals surface area contributed by atoms with Crippen molar-refractivity contribution in [3.05, 3.63) is 75.3 Å². The highest BCUT2D eigenvalue weighted by Gasteiger charge is 2.34. The molecular weight excluding hydrogens is 342 g/mol. The van der Waals surface area contributed by atoms with E-state index in [9.17, 15) is 10.1 Å². The third-order valence-corrected chi connectivity index (χ3v) is 4.58. The molecule has 1 aliphatic heterocycles. The molecule has 0 aliphatic carbocycles. The molecule has 6 heteroatoms. The van der Waals surface area contributed by atoms with Gasteiger partial charge in [-0.1, -0.05) is 41.9 Å². The predicted molar refractivity (Wildman–Crippen MR) is 97.6 cm³/mol. The van der Waals surface area contributed by atoms with E-state index in [2.05, 4.69) is 17.9 Å². The molecule has 0 saturated heterocycles. The third-order valence-electron chi connectivity index (χ3n) is 3.80. The highest BCUT2D eigenvalue weighted by Crippen LogP contribution is 2.37. The van der Waals surface area contributed by atoms with Crippen molar-refractivity contribution >= 4 is 35.8 Å². The van der Waals surface area contributed by atoms with E-state index in [1.165, 1.54) is 0 Å². The van der Waals surface area contributed by atoms with E-state index in [1.807, 2.05) is 55.5 Å². The number of rotatable bonds is 2. The molecule has 0 bridgehead atoms. The Morgan fingerprint density at radius 1 is 1.25 bits per heavy atom. The zero-order valence-electron chi connectivity index (χ0n) is 12.8. The Morgan fingerprint density at radius 3 is 2.67 bits per heavy atom. The molecule has 1 N–H and O–H groups in total. The number of carbonyl (C=O) groups is 1. The standard InChI is InChI=1S/C18H14ClN3OS/c1-11-5-4-6-12(9-11)22-16(13-7-2-3-8-15(13)19)21-17(23)14(10-20)18(22)24/h2-9,16,24H,1H3,(H,21,23). The lowest BCUT2D eigenvalue weighted by Crippen LogP contribution is -2.46. The van der Waals surface area contributed by atoms with Gasteiger partial charge in [-0.3, -0.25) is 4.79 Å². The molecule has 1 unspecified atom stereocenters. The van der Waals surface area contributed by atoms with E-state index in [1.54, 1.807) is 11.0 Å². The highest BCUT2D eigenvalue weighted by molar-refractivity contribution is 7.84. The van der Waals surface area contributed by atoms with Crippen molar-refractivity contribution in [3.8, 4) is 6.07 Å². The van der Waals surface area contributed by atoms with Crippen LogP contribution in [0, 0.1) is 18.3 Å². The topological polar surface area (TPSA) is 56.1 Å². The van der Waals surface area contributed by atoms with Crippen LogP contribution in [0.25, 0.3) is 0 Å². The van der Waals surface area contributed by atoms with Crippen molar-refractivity contribution in [2.75, 3.05) is 4.90 Å². The van der Waals surface area contributed by atoms with Crippen molar-refractivity contribution in [1.29, 1.82) is 5.26 Å². The van der Waals surface area contributed by atoms with Gasteiger partial charge in [0.15, 0.2) is 0 Å². The van der Waals surface area contributed by atoms with Crippen LogP contribution in [0.2, 0.25) is 5.02 Å². The van der Waals surface area contributed by atoms with Crippen molar-refractivity contribution in [2.24, 2.45) is 0 Å². The fourth-order valence-electron chi connectivity index (χ4n) is 2.67. The van der Waals surface area contributed by atoms with Crippen LogP contribution >= 0.6 is 24.2 Å². The van der Waals surface area contributed by atoms with Crippen molar-refractivity contribution in [1.82, 2.24) is 5.32 Å².